The van der Waals surface area contributed by atoms with E-state index in [-0.39, 0.29) is 34.6 Å². The van der Waals surface area contributed by atoms with Gasteiger partial charge in [-0.15, -0.1) is 0 Å². The Kier molecular flexibility index (Phi) is 4.93. The lowest BCUT2D eigenvalue weighted by Gasteiger charge is -2.28. The zero-order chi connectivity index (χ0) is 18.7. The van der Waals surface area contributed by atoms with Gasteiger partial charge in [-0.05, 0) is 42.5 Å². The minimum absolute atomic E-state index is 0.0669. The van der Waals surface area contributed by atoms with E-state index in [1.807, 2.05) is 0 Å². The molecule has 3 rings (SSSR count). The van der Waals surface area contributed by atoms with Gasteiger partial charge in [0.25, 0.3) is 11.8 Å². The molecule has 1 saturated carbocycles. The van der Waals surface area contributed by atoms with Crippen LogP contribution in [0.25, 0.3) is 0 Å². The summed E-state index contributed by atoms with van der Waals surface area (Å²) in [6.45, 7) is 4.32. The highest BCUT2D eigenvalue weighted by molar-refractivity contribution is 5.97. The molecule has 1 aliphatic rings. The number of nitrogens with zero attached hydrogens (tertiary/aromatic N) is 1. The molecule has 0 bridgehead atoms. The molecule has 0 radical (unpaired) electrons. The topological polar surface area (TPSA) is 94.3 Å². The van der Waals surface area contributed by atoms with Crippen LogP contribution >= 0.6 is 0 Å². The number of benzene rings is 1. The minimum atomic E-state index is -0.602. The number of hydrogen-bond donors (Lipinski definition) is 2. The molecule has 1 fully saturated rings. The normalized spacial score (nSPS) is 18.3. The summed E-state index contributed by atoms with van der Waals surface area (Å²) in [4.78, 5) is 28.5. The Labute approximate surface area is 152 Å². The molecule has 26 heavy (non-hydrogen) atoms. The molecule has 0 spiro atoms. The van der Waals surface area contributed by atoms with Crippen LogP contribution in [-0.4, -0.2) is 22.8 Å². The van der Waals surface area contributed by atoms with Crippen LogP contribution in [0.2, 0.25) is 0 Å². The highest BCUT2D eigenvalue weighted by atomic mass is 16.5. The summed E-state index contributed by atoms with van der Waals surface area (Å²) in [5.41, 5.74) is 6.02. The number of aromatic nitrogens is 1. The highest BCUT2D eigenvalue weighted by Crippen LogP contribution is 2.37. The first-order valence-electron chi connectivity index (χ1n) is 8.71. The van der Waals surface area contributed by atoms with E-state index in [0.29, 0.717) is 5.56 Å². The number of carbonyl (C=O) groups is 2. The maximum atomic E-state index is 12.8. The number of pyridine rings is 1. The van der Waals surface area contributed by atoms with E-state index in [2.05, 4.69) is 24.1 Å². The van der Waals surface area contributed by atoms with Gasteiger partial charge in [0.05, 0.1) is 5.56 Å². The van der Waals surface area contributed by atoms with Crippen molar-refractivity contribution < 1.29 is 14.3 Å². The Bertz CT molecular complexity index is 833. The van der Waals surface area contributed by atoms with Gasteiger partial charge < -0.3 is 15.8 Å². The average Bonchev–Trinajstić information content (AvgIpc) is 2.94. The van der Waals surface area contributed by atoms with E-state index in [0.717, 1.165) is 19.3 Å². The first-order chi connectivity index (χ1) is 12.4. The van der Waals surface area contributed by atoms with Crippen molar-refractivity contribution in [2.45, 2.75) is 39.2 Å². The van der Waals surface area contributed by atoms with E-state index in [9.17, 15) is 9.59 Å². The van der Waals surface area contributed by atoms with Crippen molar-refractivity contribution in [2.75, 3.05) is 0 Å². The molecule has 1 aromatic carbocycles. The second kappa shape index (κ2) is 7.15. The van der Waals surface area contributed by atoms with Crippen molar-refractivity contribution in [3.05, 3.63) is 53.7 Å². The van der Waals surface area contributed by atoms with Crippen LogP contribution in [0, 0.1) is 5.41 Å². The monoisotopic (exact) mass is 353 g/mol. The third-order valence-corrected chi connectivity index (χ3v) is 4.94. The Morgan fingerprint density at radius 1 is 1.19 bits per heavy atom. The van der Waals surface area contributed by atoms with Crippen molar-refractivity contribution in [2.24, 2.45) is 11.1 Å². The average molecular weight is 353 g/mol. The van der Waals surface area contributed by atoms with E-state index in [4.69, 9.17) is 10.5 Å². The molecular formula is C20H23N3O3. The smallest absolute Gasteiger partial charge is 0.257 e. The second-order valence-corrected chi connectivity index (χ2v) is 7.23. The van der Waals surface area contributed by atoms with Gasteiger partial charge in [-0.1, -0.05) is 32.4 Å². The number of primary amides is 1. The molecule has 6 heteroatoms. The summed E-state index contributed by atoms with van der Waals surface area (Å²) in [7, 11) is 0. The van der Waals surface area contributed by atoms with Gasteiger partial charge in [-0.25, -0.2) is 4.98 Å². The summed E-state index contributed by atoms with van der Waals surface area (Å²) < 4.78 is 5.77. The number of nitrogens with two attached hydrogens (primary N) is 1. The molecule has 2 aromatic rings. The molecule has 3 N–H and O–H groups in total. The van der Waals surface area contributed by atoms with Crippen molar-refractivity contribution in [3.8, 4) is 11.6 Å². The summed E-state index contributed by atoms with van der Waals surface area (Å²) in [5, 5.41) is 3.10. The Morgan fingerprint density at radius 3 is 2.62 bits per heavy atom. The number of carbonyl (C=O) groups excluding carboxylic acids is 2. The van der Waals surface area contributed by atoms with E-state index in [1.165, 1.54) is 0 Å². The third kappa shape index (κ3) is 3.69. The number of para-hydroxylation sites is 1. The van der Waals surface area contributed by atoms with Gasteiger partial charge in [0, 0.05) is 12.2 Å². The van der Waals surface area contributed by atoms with E-state index >= 15 is 0 Å². The maximum Gasteiger partial charge on any atom is 0.257 e. The van der Waals surface area contributed by atoms with Crippen LogP contribution in [0.3, 0.4) is 0 Å². The van der Waals surface area contributed by atoms with Crippen LogP contribution in [0.1, 0.15) is 53.8 Å². The SMILES string of the molecule is CC1(C)CCCC1NC(=O)c1cccnc1Oc1ccccc1C(N)=O. The molecule has 0 aliphatic heterocycles. The quantitative estimate of drug-likeness (QED) is 0.862. The van der Waals surface area contributed by atoms with Crippen molar-refractivity contribution in [1.82, 2.24) is 10.3 Å². The van der Waals surface area contributed by atoms with Crippen LogP contribution in [-0.2, 0) is 0 Å². The standard InChI is InChI=1S/C20H23N3O3/c1-20(2)11-5-10-16(20)23-18(25)14-8-6-12-22-19(14)26-15-9-4-3-7-13(15)17(21)24/h3-4,6-9,12,16H,5,10-11H2,1-2H3,(H2,21,24)(H,23,25). The molecule has 1 aliphatic carbocycles. The van der Waals surface area contributed by atoms with E-state index < -0.39 is 5.91 Å². The van der Waals surface area contributed by atoms with Gasteiger partial charge in [-0.3, -0.25) is 9.59 Å². The lowest BCUT2D eigenvalue weighted by atomic mass is 9.87. The van der Waals surface area contributed by atoms with Gasteiger partial charge in [-0.2, -0.15) is 0 Å². The molecular weight excluding hydrogens is 330 g/mol. The van der Waals surface area contributed by atoms with Gasteiger partial charge >= 0.3 is 0 Å². The summed E-state index contributed by atoms with van der Waals surface area (Å²) in [6.07, 6.45) is 4.68. The summed E-state index contributed by atoms with van der Waals surface area (Å²) in [6, 6.07) is 10.1. The zero-order valence-corrected chi connectivity index (χ0v) is 15.0. The summed E-state index contributed by atoms with van der Waals surface area (Å²) >= 11 is 0. The Morgan fingerprint density at radius 2 is 1.92 bits per heavy atom. The fourth-order valence-electron chi connectivity index (χ4n) is 3.34. The summed E-state index contributed by atoms with van der Waals surface area (Å²) in [5.74, 6) is -0.414. The van der Waals surface area contributed by atoms with Crippen molar-refractivity contribution >= 4 is 11.8 Å². The largest absolute Gasteiger partial charge is 0.437 e. The fourth-order valence-corrected chi connectivity index (χ4v) is 3.34. The zero-order valence-electron chi connectivity index (χ0n) is 15.0. The second-order valence-electron chi connectivity index (χ2n) is 7.23. The van der Waals surface area contributed by atoms with Crippen molar-refractivity contribution in [3.63, 3.8) is 0 Å². The first kappa shape index (κ1) is 17.9. The third-order valence-electron chi connectivity index (χ3n) is 4.94. The molecule has 136 valence electrons. The molecule has 1 aromatic heterocycles. The molecule has 1 heterocycles. The maximum absolute atomic E-state index is 12.8. The van der Waals surface area contributed by atoms with Crippen LogP contribution in [0.15, 0.2) is 42.6 Å². The molecule has 6 nitrogen and oxygen atoms in total. The number of ether oxygens (including phenoxy) is 1. The number of hydrogen-bond acceptors (Lipinski definition) is 4. The highest BCUT2D eigenvalue weighted by Gasteiger charge is 2.36. The Hall–Kier alpha value is -2.89. The minimum Gasteiger partial charge on any atom is -0.437 e. The lowest BCUT2D eigenvalue weighted by molar-refractivity contribution is 0.0907. The molecule has 0 saturated heterocycles. The Balaban J connectivity index is 1.85. The van der Waals surface area contributed by atoms with Crippen LogP contribution in [0.5, 0.6) is 11.6 Å². The van der Waals surface area contributed by atoms with Crippen LogP contribution < -0.4 is 15.8 Å². The van der Waals surface area contributed by atoms with E-state index in [1.54, 1.807) is 42.6 Å². The van der Waals surface area contributed by atoms with Crippen LogP contribution in [0.4, 0.5) is 0 Å². The van der Waals surface area contributed by atoms with Crippen molar-refractivity contribution in [1.29, 1.82) is 0 Å². The predicted molar refractivity (Wildman–Crippen MR) is 98.2 cm³/mol. The first-order valence-corrected chi connectivity index (χ1v) is 8.71. The number of nitrogens with one attached hydrogen (secondary N) is 1. The number of amides is 2. The van der Waals surface area contributed by atoms with Gasteiger partial charge in [0.2, 0.25) is 5.88 Å². The molecule has 1 atom stereocenters. The predicted octanol–water partition coefficient (Wildman–Crippen LogP) is 3.28. The fraction of sp³-hybridized carbons (Fsp3) is 0.350. The number of rotatable bonds is 5. The molecule has 2 amide bonds. The lowest BCUT2D eigenvalue weighted by Crippen LogP contribution is -2.41. The van der Waals surface area contributed by atoms with Gasteiger partial charge in [0.1, 0.15) is 11.3 Å². The van der Waals surface area contributed by atoms with Gasteiger partial charge in [0.15, 0.2) is 0 Å². The molecule has 1 unspecified atom stereocenters.